The lowest BCUT2D eigenvalue weighted by molar-refractivity contribution is 0.370. The van der Waals surface area contributed by atoms with Crippen molar-refractivity contribution in [2.75, 3.05) is 12.0 Å². The van der Waals surface area contributed by atoms with Gasteiger partial charge < -0.3 is 10.3 Å². The molecular formula is C14H17Cl2N3S. The van der Waals surface area contributed by atoms with Crippen molar-refractivity contribution >= 4 is 51.9 Å². The SMILES string of the molecule is CSC1CCC(n2c(N)nc3cc(Cl)c(Cl)cc32)CC1. The molecule has 0 saturated heterocycles. The average molecular weight is 330 g/mol. The number of benzene rings is 1. The van der Waals surface area contributed by atoms with Gasteiger partial charge in [0.1, 0.15) is 0 Å². The minimum Gasteiger partial charge on any atom is -0.369 e. The molecule has 0 amide bonds. The summed E-state index contributed by atoms with van der Waals surface area (Å²) < 4.78 is 2.13. The first-order valence-electron chi connectivity index (χ1n) is 6.75. The Labute approximate surface area is 132 Å². The summed E-state index contributed by atoms with van der Waals surface area (Å²) in [6, 6.07) is 4.09. The van der Waals surface area contributed by atoms with Crippen LogP contribution in [0.2, 0.25) is 10.0 Å². The highest BCUT2D eigenvalue weighted by molar-refractivity contribution is 7.99. The molecule has 1 heterocycles. The molecule has 0 aliphatic heterocycles. The number of nitrogens with zero attached hydrogens (tertiary/aromatic N) is 2. The molecule has 0 unspecified atom stereocenters. The number of thioether (sulfide) groups is 1. The first-order chi connectivity index (χ1) is 9.60. The van der Waals surface area contributed by atoms with Crippen molar-refractivity contribution in [1.29, 1.82) is 0 Å². The van der Waals surface area contributed by atoms with Crippen LogP contribution in [0.15, 0.2) is 12.1 Å². The lowest BCUT2D eigenvalue weighted by Crippen LogP contribution is -2.20. The first-order valence-corrected chi connectivity index (χ1v) is 8.79. The third-order valence-corrected chi connectivity index (χ3v) is 5.96. The van der Waals surface area contributed by atoms with Gasteiger partial charge in [0.15, 0.2) is 0 Å². The first kappa shape index (κ1) is 14.4. The van der Waals surface area contributed by atoms with Gasteiger partial charge in [-0.15, -0.1) is 0 Å². The molecule has 0 bridgehead atoms. The fraction of sp³-hybridized carbons (Fsp3) is 0.500. The predicted molar refractivity (Wildman–Crippen MR) is 89.0 cm³/mol. The second kappa shape index (κ2) is 5.66. The average Bonchev–Trinajstić information content (AvgIpc) is 2.75. The number of anilines is 1. The fourth-order valence-electron chi connectivity index (χ4n) is 3.03. The van der Waals surface area contributed by atoms with Crippen LogP contribution in [0, 0.1) is 0 Å². The van der Waals surface area contributed by atoms with Crippen molar-refractivity contribution in [3.63, 3.8) is 0 Å². The molecule has 3 nitrogen and oxygen atoms in total. The maximum atomic E-state index is 6.14. The molecule has 1 aromatic carbocycles. The monoisotopic (exact) mass is 329 g/mol. The molecule has 0 radical (unpaired) electrons. The molecule has 1 aliphatic carbocycles. The summed E-state index contributed by atoms with van der Waals surface area (Å²) in [7, 11) is 0. The number of nitrogens with two attached hydrogens (primary N) is 1. The Morgan fingerprint density at radius 2 is 1.85 bits per heavy atom. The molecule has 0 spiro atoms. The third-order valence-electron chi connectivity index (χ3n) is 4.10. The molecule has 1 aromatic heterocycles. The van der Waals surface area contributed by atoms with Crippen LogP contribution in [0.3, 0.4) is 0 Å². The lowest BCUT2D eigenvalue weighted by Gasteiger charge is -2.29. The maximum Gasteiger partial charge on any atom is 0.201 e. The van der Waals surface area contributed by atoms with E-state index in [2.05, 4.69) is 15.8 Å². The Hall–Kier alpha value is -0.580. The quantitative estimate of drug-likeness (QED) is 0.862. The van der Waals surface area contributed by atoms with Gasteiger partial charge in [0.2, 0.25) is 5.95 Å². The van der Waals surface area contributed by atoms with Crippen LogP contribution < -0.4 is 5.73 Å². The summed E-state index contributed by atoms with van der Waals surface area (Å²) in [4.78, 5) is 4.42. The van der Waals surface area contributed by atoms with Crippen LogP contribution in [0.1, 0.15) is 31.7 Å². The third kappa shape index (κ3) is 2.49. The largest absolute Gasteiger partial charge is 0.369 e. The number of hydrogen-bond acceptors (Lipinski definition) is 3. The summed E-state index contributed by atoms with van der Waals surface area (Å²) in [5.41, 5.74) is 7.93. The van der Waals surface area contributed by atoms with Gasteiger partial charge in [0.25, 0.3) is 0 Å². The van der Waals surface area contributed by atoms with E-state index in [1.54, 1.807) is 6.07 Å². The molecule has 1 saturated carbocycles. The van der Waals surface area contributed by atoms with Crippen molar-refractivity contribution < 1.29 is 0 Å². The van der Waals surface area contributed by atoms with Gasteiger partial charge in [-0.3, -0.25) is 0 Å². The van der Waals surface area contributed by atoms with Gasteiger partial charge in [-0.2, -0.15) is 11.8 Å². The minimum absolute atomic E-state index is 0.417. The summed E-state index contributed by atoms with van der Waals surface area (Å²) >= 11 is 14.1. The van der Waals surface area contributed by atoms with E-state index in [-0.39, 0.29) is 0 Å². The molecule has 1 fully saturated rings. The van der Waals surface area contributed by atoms with Crippen LogP contribution in [0.25, 0.3) is 11.0 Å². The molecular weight excluding hydrogens is 313 g/mol. The van der Waals surface area contributed by atoms with Gasteiger partial charge in [-0.05, 0) is 44.1 Å². The highest BCUT2D eigenvalue weighted by atomic mass is 35.5. The van der Waals surface area contributed by atoms with Crippen LogP contribution in [-0.2, 0) is 0 Å². The Balaban J connectivity index is 1.99. The summed E-state index contributed by atoms with van der Waals surface area (Å²) in [5, 5.41) is 1.85. The zero-order valence-corrected chi connectivity index (χ0v) is 13.6. The van der Waals surface area contributed by atoms with Gasteiger partial charge >= 0.3 is 0 Å². The Kier molecular flexibility index (Phi) is 4.07. The topological polar surface area (TPSA) is 43.8 Å². The summed E-state index contributed by atoms with van der Waals surface area (Å²) in [6.07, 6.45) is 6.93. The van der Waals surface area contributed by atoms with Crippen molar-refractivity contribution in [3.05, 3.63) is 22.2 Å². The van der Waals surface area contributed by atoms with E-state index in [0.29, 0.717) is 22.0 Å². The summed E-state index contributed by atoms with van der Waals surface area (Å²) in [6.45, 7) is 0. The van der Waals surface area contributed by atoms with Crippen LogP contribution in [-0.4, -0.2) is 21.1 Å². The van der Waals surface area contributed by atoms with Gasteiger partial charge in [0, 0.05) is 11.3 Å². The number of halogens is 2. The van der Waals surface area contributed by atoms with E-state index in [1.807, 2.05) is 17.8 Å². The zero-order valence-electron chi connectivity index (χ0n) is 11.3. The predicted octanol–water partition coefficient (Wildman–Crippen LogP) is 4.77. The lowest BCUT2D eigenvalue weighted by atomic mass is 9.94. The van der Waals surface area contributed by atoms with Crippen molar-refractivity contribution in [2.24, 2.45) is 0 Å². The van der Waals surface area contributed by atoms with E-state index >= 15 is 0 Å². The Bertz CT molecular complexity index is 633. The van der Waals surface area contributed by atoms with Crippen molar-refractivity contribution in [3.8, 4) is 0 Å². The highest BCUT2D eigenvalue weighted by Crippen LogP contribution is 2.38. The Morgan fingerprint density at radius 1 is 1.20 bits per heavy atom. The number of nitrogen functional groups attached to an aromatic ring is 1. The zero-order chi connectivity index (χ0) is 14.3. The highest BCUT2D eigenvalue weighted by Gasteiger charge is 2.25. The molecule has 2 N–H and O–H groups in total. The van der Waals surface area contributed by atoms with E-state index in [0.717, 1.165) is 29.1 Å². The van der Waals surface area contributed by atoms with E-state index < -0.39 is 0 Å². The van der Waals surface area contributed by atoms with Gasteiger partial charge in [-0.1, -0.05) is 23.2 Å². The molecule has 3 rings (SSSR count). The van der Waals surface area contributed by atoms with E-state index in [1.165, 1.54) is 12.8 Å². The smallest absolute Gasteiger partial charge is 0.201 e. The van der Waals surface area contributed by atoms with Crippen molar-refractivity contribution in [1.82, 2.24) is 9.55 Å². The number of imidazole rings is 1. The summed E-state index contributed by atoms with van der Waals surface area (Å²) in [5.74, 6) is 0.561. The second-order valence-electron chi connectivity index (χ2n) is 5.26. The number of fused-ring (bicyclic) bond motifs is 1. The van der Waals surface area contributed by atoms with E-state index in [9.17, 15) is 0 Å². The van der Waals surface area contributed by atoms with Gasteiger partial charge in [-0.25, -0.2) is 4.98 Å². The number of rotatable bonds is 2. The molecule has 108 valence electrons. The molecule has 20 heavy (non-hydrogen) atoms. The number of aromatic nitrogens is 2. The molecule has 1 aliphatic rings. The Morgan fingerprint density at radius 3 is 2.50 bits per heavy atom. The van der Waals surface area contributed by atoms with Crippen LogP contribution in [0.5, 0.6) is 0 Å². The normalized spacial score (nSPS) is 23.4. The molecule has 6 heteroatoms. The molecule has 0 atom stereocenters. The van der Waals surface area contributed by atoms with Crippen LogP contribution >= 0.6 is 35.0 Å². The van der Waals surface area contributed by atoms with E-state index in [4.69, 9.17) is 28.9 Å². The van der Waals surface area contributed by atoms with Crippen LogP contribution in [0.4, 0.5) is 5.95 Å². The van der Waals surface area contributed by atoms with Crippen molar-refractivity contribution in [2.45, 2.75) is 37.0 Å². The number of hydrogen-bond donors (Lipinski definition) is 1. The maximum absolute atomic E-state index is 6.14. The minimum atomic E-state index is 0.417. The fourth-order valence-corrected chi connectivity index (χ4v) is 4.09. The molecule has 2 aromatic rings. The van der Waals surface area contributed by atoms with Gasteiger partial charge in [0.05, 0.1) is 21.1 Å². The second-order valence-corrected chi connectivity index (χ2v) is 7.21. The standard InChI is InChI=1S/C14H17Cl2N3S/c1-20-9-4-2-8(3-5-9)19-13-7-11(16)10(15)6-12(13)18-14(19)17/h6-9H,2-5H2,1H3,(H2,17,18).